The van der Waals surface area contributed by atoms with Crippen LogP contribution in [0.3, 0.4) is 0 Å². The first-order valence-corrected chi connectivity index (χ1v) is 6.15. The van der Waals surface area contributed by atoms with Crippen LogP contribution in [-0.2, 0) is 15.9 Å². The minimum atomic E-state index is -4.27. The van der Waals surface area contributed by atoms with E-state index < -0.39 is 15.9 Å². The van der Waals surface area contributed by atoms with Gasteiger partial charge in [-0.3, -0.25) is 0 Å². The van der Waals surface area contributed by atoms with Gasteiger partial charge in [-0.2, -0.15) is 0 Å². The van der Waals surface area contributed by atoms with Crippen LogP contribution in [0.25, 0.3) is 10.9 Å². The van der Waals surface area contributed by atoms with E-state index >= 15 is 0 Å². The molecule has 0 bridgehead atoms. The van der Waals surface area contributed by atoms with Crippen molar-refractivity contribution >= 4 is 21.0 Å². The molecule has 0 saturated heterocycles. The van der Waals surface area contributed by atoms with Crippen LogP contribution in [0, 0.1) is 0 Å². The third-order valence-corrected chi connectivity index (χ3v) is 2.97. The summed E-state index contributed by atoms with van der Waals surface area (Å²) in [5.74, 6) is 0.108. The minimum absolute atomic E-state index is 0. The van der Waals surface area contributed by atoms with Crippen LogP contribution in [0.1, 0.15) is 5.56 Å². The van der Waals surface area contributed by atoms with E-state index in [1.807, 2.05) is 0 Å². The zero-order chi connectivity index (χ0) is 11.8. The molecule has 0 radical (unpaired) electrons. The Balaban J connectivity index is 0.00000144. The molecule has 5 nitrogen and oxygen atoms in total. The molecule has 0 atom stereocenters. The van der Waals surface area contributed by atoms with Crippen LogP contribution in [0.5, 0.6) is 5.75 Å². The maximum atomic E-state index is 10.7. The number of ether oxygens (including phenoxy) is 1. The molecule has 1 aromatic heterocycles. The number of hydrogen-bond donors (Lipinski definition) is 1. The Hall–Kier alpha value is -0.530. The molecule has 0 spiro atoms. The van der Waals surface area contributed by atoms with Crippen LogP contribution in [0.2, 0.25) is 0 Å². The summed E-state index contributed by atoms with van der Waals surface area (Å²) in [4.78, 5) is 2.90. The molecule has 86 valence electrons. The maximum Gasteiger partial charge on any atom is 1.00 e. The van der Waals surface area contributed by atoms with Crippen molar-refractivity contribution in [2.45, 2.75) is 5.75 Å². The quantitative estimate of drug-likeness (QED) is 0.524. The van der Waals surface area contributed by atoms with E-state index in [0.29, 0.717) is 16.7 Å². The van der Waals surface area contributed by atoms with Crippen LogP contribution in [0.4, 0.5) is 0 Å². The molecule has 17 heavy (non-hydrogen) atoms. The second-order valence-corrected chi connectivity index (χ2v) is 4.83. The Morgan fingerprint density at radius 1 is 1.41 bits per heavy atom. The summed E-state index contributed by atoms with van der Waals surface area (Å²) >= 11 is 0. The average molecular weight is 263 g/mol. The predicted molar refractivity (Wildman–Crippen MR) is 58.3 cm³/mol. The molecule has 2 rings (SSSR count). The second-order valence-electron chi connectivity index (χ2n) is 3.43. The number of fused-ring (bicyclic) bond motifs is 1. The van der Waals surface area contributed by atoms with Gasteiger partial charge in [-0.1, -0.05) is 0 Å². The molecule has 1 aromatic carbocycles. The van der Waals surface area contributed by atoms with Crippen molar-refractivity contribution in [3.8, 4) is 5.75 Å². The fraction of sp³-hybridized carbons (Fsp3) is 0.200. The van der Waals surface area contributed by atoms with Crippen LogP contribution < -0.4 is 34.3 Å². The van der Waals surface area contributed by atoms with Crippen LogP contribution in [0.15, 0.2) is 24.4 Å². The van der Waals surface area contributed by atoms with Crippen molar-refractivity contribution in [3.05, 3.63) is 30.0 Å². The van der Waals surface area contributed by atoms with E-state index in [0.717, 1.165) is 5.52 Å². The Morgan fingerprint density at radius 2 is 2.12 bits per heavy atom. The van der Waals surface area contributed by atoms with Gasteiger partial charge in [0.2, 0.25) is 0 Å². The van der Waals surface area contributed by atoms with E-state index in [9.17, 15) is 13.0 Å². The second kappa shape index (κ2) is 5.41. The van der Waals surface area contributed by atoms with Gasteiger partial charge in [0.25, 0.3) is 0 Å². The van der Waals surface area contributed by atoms with Crippen molar-refractivity contribution in [1.29, 1.82) is 0 Å². The van der Waals surface area contributed by atoms with E-state index in [-0.39, 0.29) is 29.6 Å². The monoisotopic (exact) mass is 263 g/mol. The third-order valence-electron chi connectivity index (χ3n) is 2.31. The minimum Gasteiger partial charge on any atom is -0.748 e. The molecular weight excluding hydrogens is 253 g/mol. The molecule has 2 aromatic rings. The molecule has 7 heteroatoms. The Morgan fingerprint density at radius 3 is 2.71 bits per heavy atom. The fourth-order valence-corrected chi connectivity index (χ4v) is 2.21. The van der Waals surface area contributed by atoms with Gasteiger partial charge in [0.05, 0.1) is 23.0 Å². The largest absolute Gasteiger partial charge is 1.00 e. The first-order valence-electron chi connectivity index (χ1n) is 4.57. The van der Waals surface area contributed by atoms with Gasteiger partial charge >= 0.3 is 29.6 Å². The number of methoxy groups -OCH3 is 1. The molecular formula is C10H10NNaO4S. The molecule has 0 aliphatic carbocycles. The van der Waals surface area contributed by atoms with Crippen LogP contribution in [-0.4, -0.2) is 25.1 Å². The number of rotatable bonds is 3. The van der Waals surface area contributed by atoms with E-state index in [2.05, 4.69) is 4.98 Å². The smallest absolute Gasteiger partial charge is 0.748 e. The summed E-state index contributed by atoms with van der Waals surface area (Å²) in [6.07, 6.45) is 1.53. The van der Waals surface area contributed by atoms with Gasteiger partial charge in [0, 0.05) is 17.1 Å². The molecule has 0 aliphatic heterocycles. The van der Waals surface area contributed by atoms with Gasteiger partial charge in [-0.05, 0) is 23.8 Å². The number of aromatic nitrogens is 1. The van der Waals surface area contributed by atoms with Gasteiger partial charge in [-0.25, -0.2) is 8.42 Å². The number of H-pyrrole nitrogens is 1. The van der Waals surface area contributed by atoms with E-state index in [1.165, 1.54) is 13.3 Å². The topological polar surface area (TPSA) is 82.2 Å². The molecule has 1 heterocycles. The van der Waals surface area contributed by atoms with E-state index in [1.54, 1.807) is 18.2 Å². The van der Waals surface area contributed by atoms with Gasteiger partial charge in [0.1, 0.15) is 5.75 Å². The molecule has 0 amide bonds. The summed E-state index contributed by atoms with van der Waals surface area (Å²) in [7, 11) is -2.74. The van der Waals surface area contributed by atoms with Crippen molar-refractivity contribution in [1.82, 2.24) is 4.98 Å². The fourth-order valence-electron chi connectivity index (χ4n) is 1.59. The summed E-state index contributed by atoms with van der Waals surface area (Å²) in [5, 5.41) is 0.693. The maximum absolute atomic E-state index is 10.7. The number of hydrogen-bond acceptors (Lipinski definition) is 4. The first-order chi connectivity index (χ1) is 7.49. The van der Waals surface area contributed by atoms with Crippen molar-refractivity contribution in [2.75, 3.05) is 7.11 Å². The van der Waals surface area contributed by atoms with Crippen molar-refractivity contribution < 1.29 is 47.3 Å². The van der Waals surface area contributed by atoms with Gasteiger partial charge in [0.15, 0.2) is 0 Å². The zero-order valence-corrected chi connectivity index (χ0v) is 12.4. The Bertz CT molecular complexity index is 620. The average Bonchev–Trinajstić information content (AvgIpc) is 2.58. The standard InChI is InChI=1S/C10H11NO4S.Na/c1-15-8-2-3-10-9(4-8)7(5-11-10)6-16(12,13)14;/h2-5,11H,6H2,1H3,(H,12,13,14);/q;+1/p-1. The number of aromatic amines is 1. The molecule has 1 N–H and O–H groups in total. The molecule has 0 fully saturated rings. The molecule has 0 aliphatic rings. The number of nitrogens with one attached hydrogen (secondary N) is 1. The molecule has 0 unspecified atom stereocenters. The van der Waals surface area contributed by atoms with Crippen molar-refractivity contribution in [2.24, 2.45) is 0 Å². The third kappa shape index (κ3) is 3.46. The normalized spacial score (nSPS) is 11.2. The zero-order valence-electron chi connectivity index (χ0n) is 9.56. The van der Waals surface area contributed by atoms with Gasteiger partial charge < -0.3 is 14.3 Å². The predicted octanol–water partition coefficient (Wildman–Crippen LogP) is -1.77. The van der Waals surface area contributed by atoms with Crippen molar-refractivity contribution in [3.63, 3.8) is 0 Å². The van der Waals surface area contributed by atoms with Gasteiger partial charge in [-0.15, -0.1) is 0 Å². The summed E-state index contributed by atoms with van der Waals surface area (Å²) in [6, 6.07) is 5.23. The number of benzene rings is 1. The Kier molecular flexibility index (Phi) is 4.62. The SMILES string of the molecule is COc1ccc2[nH]cc(CS(=O)(=O)[O-])c2c1.[Na+]. The summed E-state index contributed by atoms with van der Waals surface area (Å²) < 4.78 is 37.1. The first kappa shape index (κ1) is 14.5. The summed E-state index contributed by atoms with van der Waals surface area (Å²) in [5.41, 5.74) is 1.24. The molecule has 0 saturated carbocycles. The Labute approximate surface area is 121 Å². The van der Waals surface area contributed by atoms with Crippen LogP contribution >= 0.6 is 0 Å². The summed E-state index contributed by atoms with van der Waals surface area (Å²) in [6.45, 7) is 0. The van der Waals surface area contributed by atoms with E-state index in [4.69, 9.17) is 4.74 Å².